The number of carbonyl (C=O) groups excluding carboxylic acids is 1. The molecule has 1 heterocycles. The van der Waals surface area contributed by atoms with Gasteiger partial charge >= 0.3 is 0 Å². The zero-order valence-corrected chi connectivity index (χ0v) is 10.6. The molecule has 3 nitrogen and oxygen atoms in total. The molecule has 0 bridgehead atoms. The molecule has 0 radical (unpaired) electrons. The van der Waals surface area contributed by atoms with Crippen LogP contribution in [0.15, 0.2) is 0 Å². The first-order valence-electron chi connectivity index (χ1n) is 6.50. The van der Waals surface area contributed by atoms with E-state index in [2.05, 4.69) is 6.92 Å². The zero-order valence-electron chi connectivity index (χ0n) is 10.6. The van der Waals surface area contributed by atoms with Crippen molar-refractivity contribution in [3.05, 3.63) is 0 Å². The van der Waals surface area contributed by atoms with Gasteiger partial charge in [0.05, 0.1) is 0 Å². The molecule has 1 aliphatic heterocycles. The second-order valence-electron chi connectivity index (χ2n) is 4.42. The van der Waals surface area contributed by atoms with Gasteiger partial charge in [-0.2, -0.15) is 0 Å². The average Bonchev–Trinajstić information content (AvgIpc) is 2.31. The first-order valence-corrected chi connectivity index (χ1v) is 6.50. The maximum absolute atomic E-state index is 12.2. The predicted molar refractivity (Wildman–Crippen MR) is 63.6 cm³/mol. The van der Waals surface area contributed by atoms with E-state index in [0.717, 1.165) is 32.1 Å². The highest BCUT2D eigenvalue weighted by Gasteiger charge is 2.39. The topological polar surface area (TPSA) is 35.5 Å². The van der Waals surface area contributed by atoms with Gasteiger partial charge in [0.1, 0.15) is 5.60 Å². The minimum absolute atomic E-state index is 0.283. The zero-order chi connectivity index (χ0) is 11.9. The largest absolute Gasteiger partial charge is 0.381 e. The fourth-order valence-corrected chi connectivity index (χ4v) is 2.24. The van der Waals surface area contributed by atoms with E-state index in [1.807, 2.05) is 6.92 Å². The fourth-order valence-electron chi connectivity index (χ4n) is 2.24. The smallest absolute Gasteiger partial charge is 0.164 e. The van der Waals surface area contributed by atoms with Crippen LogP contribution in [0.1, 0.15) is 52.4 Å². The maximum atomic E-state index is 12.2. The Kier molecular flexibility index (Phi) is 5.99. The lowest BCUT2D eigenvalue weighted by molar-refractivity contribution is -0.157. The van der Waals surface area contributed by atoms with E-state index >= 15 is 0 Å². The summed E-state index contributed by atoms with van der Waals surface area (Å²) in [7, 11) is 0. The van der Waals surface area contributed by atoms with Crippen molar-refractivity contribution in [1.82, 2.24) is 0 Å². The average molecular weight is 228 g/mol. The van der Waals surface area contributed by atoms with Crippen LogP contribution < -0.4 is 0 Å². The Labute approximate surface area is 98.5 Å². The number of carbonyl (C=O) groups is 1. The van der Waals surface area contributed by atoms with Crippen LogP contribution in [0, 0.1) is 0 Å². The number of Topliss-reactive ketones (excluding diaryl/α,β-unsaturated/α-hetero) is 1. The number of unbranched alkanes of at least 4 members (excludes halogenated alkanes) is 2. The van der Waals surface area contributed by atoms with E-state index < -0.39 is 5.60 Å². The van der Waals surface area contributed by atoms with Crippen molar-refractivity contribution < 1.29 is 14.3 Å². The molecule has 0 N–H and O–H groups in total. The molecule has 1 aliphatic rings. The lowest BCUT2D eigenvalue weighted by Gasteiger charge is -2.35. The van der Waals surface area contributed by atoms with Crippen LogP contribution in [-0.4, -0.2) is 31.2 Å². The van der Waals surface area contributed by atoms with Crippen molar-refractivity contribution in [3.63, 3.8) is 0 Å². The molecule has 0 spiro atoms. The number of rotatable bonds is 7. The Hall–Kier alpha value is -0.410. The molecule has 0 amide bonds. The van der Waals surface area contributed by atoms with Crippen LogP contribution in [0.25, 0.3) is 0 Å². The summed E-state index contributed by atoms with van der Waals surface area (Å²) in [6.07, 6.45) is 5.39. The van der Waals surface area contributed by atoms with E-state index in [1.54, 1.807) is 0 Å². The lowest BCUT2D eigenvalue weighted by atomic mass is 9.86. The monoisotopic (exact) mass is 228 g/mol. The normalized spacial score (nSPS) is 19.6. The van der Waals surface area contributed by atoms with Crippen LogP contribution >= 0.6 is 0 Å². The van der Waals surface area contributed by atoms with E-state index in [-0.39, 0.29) is 5.78 Å². The molecular formula is C13H24O3. The highest BCUT2D eigenvalue weighted by Crippen LogP contribution is 2.28. The Bertz CT molecular complexity index is 202. The SMILES string of the molecule is CCCCCC(=O)C1(OCC)CCOCC1. The quantitative estimate of drug-likeness (QED) is 0.628. The molecule has 0 atom stereocenters. The number of hydrogen-bond donors (Lipinski definition) is 0. The summed E-state index contributed by atoms with van der Waals surface area (Å²) in [6, 6.07) is 0. The summed E-state index contributed by atoms with van der Waals surface area (Å²) < 4.78 is 11.0. The summed E-state index contributed by atoms with van der Waals surface area (Å²) >= 11 is 0. The highest BCUT2D eigenvalue weighted by molar-refractivity contribution is 5.87. The van der Waals surface area contributed by atoms with Crippen LogP contribution in [0.5, 0.6) is 0 Å². The van der Waals surface area contributed by atoms with Crippen molar-refractivity contribution in [2.24, 2.45) is 0 Å². The van der Waals surface area contributed by atoms with Crippen LogP contribution in [-0.2, 0) is 14.3 Å². The third-order valence-corrected chi connectivity index (χ3v) is 3.24. The molecule has 0 aliphatic carbocycles. The van der Waals surface area contributed by atoms with Crippen molar-refractivity contribution in [1.29, 1.82) is 0 Å². The van der Waals surface area contributed by atoms with Crippen molar-refractivity contribution in [3.8, 4) is 0 Å². The fraction of sp³-hybridized carbons (Fsp3) is 0.923. The summed E-state index contributed by atoms with van der Waals surface area (Å²) in [5.74, 6) is 0.283. The second-order valence-corrected chi connectivity index (χ2v) is 4.42. The van der Waals surface area contributed by atoms with Gasteiger partial charge in [-0.05, 0) is 13.3 Å². The highest BCUT2D eigenvalue weighted by atomic mass is 16.5. The molecular weight excluding hydrogens is 204 g/mol. The third-order valence-electron chi connectivity index (χ3n) is 3.24. The number of ketones is 1. The molecule has 94 valence electrons. The van der Waals surface area contributed by atoms with Crippen molar-refractivity contribution in [2.75, 3.05) is 19.8 Å². The van der Waals surface area contributed by atoms with Crippen LogP contribution in [0.3, 0.4) is 0 Å². The molecule has 0 saturated carbocycles. The Balaban J connectivity index is 2.50. The Morgan fingerprint density at radius 3 is 2.50 bits per heavy atom. The van der Waals surface area contributed by atoms with Gasteiger partial charge in [0.15, 0.2) is 5.78 Å². The van der Waals surface area contributed by atoms with E-state index in [0.29, 0.717) is 26.2 Å². The van der Waals surface area contributed by atoms with Gasteiger partial charge in [-0.25, -0.2) is 0 Å². The van der Waals surface area contributed by atoms with Crippen molar-refractivity contribution in [2.45, 2.75) is 58.0 Å². The van der Waals surface area contributed by atoms with E-state index in [9.17, 15) is 4.79 Å². The molecule has 0 aromatic carbocycles. The van der Waals surface area contributed by atoms with Gasteiger partial charge in [-0.1, -0.05) is 19.8 Å². The Morgan fingerprint density at radius 2 is 1.94 bits per heavy atom. The molecule has 16 heavy (non-hydrogen) atoms. The van der Waals surface area contributed by atoms with Gasteiger partial charge < -0.3 is 9.47 Å². The third kappa shape index (κ3) is 3.56. The predicted octanol–water partition coefficient (Wildman–Crippen LogP) is 2.72. The lowest BCUT2D eigenvalue weighted by Crippen LogP contribution is -2.46. The minimum Gasteiger partial charge on any atom is -0.381 e. The molecule has 1 fully saturated rings. The number of ether oxygens (including phenoxy) is 2. The summed E-state index contributed by atoms with van der Waals surface area (Å²) in [5, 5.41) is 0. The Morgan fingerprint density at radius 1 is 1.25 bits per heavy atom. The number of hydrogen-bond acceptors (Lipinski definition) is 3. The van der Waals surface area contributed by atoms with E-state index in [1.165, 1.54) is 0 Å². The summed E-state index contributed by atoms with van der Waals surface area (Å²) in [6.45, 7) is 6.02. The minimum atomic E-state index is -0.527. The van der Waals surface area contributed by atoms with Gasteiger partial charge in [0.25, 0.3) is 0 Å². The van der Waals surface area contributed by atoms with E-state index in [4.69, 9.17) is 9.47 Å². The van der Waals surface area contributed by atoms with Crippen LogP contribution in [0.4, 0.5) is 0 Å². The first kappa shape index (κ1) is 13.7. The molecule has 3 heteroatoms. The van der Waals surface area contributed by atoms with Gasteiger partial charge in [-0.3, -0.25) is 4.79 Å². The second kappa shape index (κ2) is 7.02. The van der Waals surface area contributed by atoms with Crippen LogP contribution in [0.2, 0.25) is 0 Å². The summed E-state index contributed by atoms with van der Waals surface area (Å²) in [5.41, 5.74) is -0.527. The molecule has 0 aromatic rings. The first-order chi connectivity index (χ1) is 7.75. The van der Waals surface area contributed by atoms with Gasteiger partial charge in [-0.15, -0.1) is 0 Å². The maximum Gasteiger partial charge on any atom is 0.164 e. The van der Waals surface area contributed by atoms with Gasteiger partial charge in [0, 0.05) is 39.1 Å². The molecule has 1 rings (SSSR count). The summed E-state index contributed by atoms with van der Waals surface area (Å²) in [4.78, 5) is 12.2. The molecule has 0 aromatic heterocycles. The van der Waals surface area contributed by atoms with Crippen molar-refractivity contribution >= 4 is 5.78 Å². The van der Waals surface area contributed by atoms with Gasteiger partial charge in [0.2, 0.25) is 0 Å². The molecule has 1 saturated heterocycles. The molecule has 0 unspecified atom stereocenters. The standard InChI is InChI=1S/C13H24O3/c1-3-5-6-7-12(14)13(16-4-2)8-10-15-11-9-13/h3-11H2,1-2H3.